The first-order valence-corrected chi connectivity index (χ1v) is 7.22. The fourth-order valence-corrected chi connectivity index (χ4v) is 3.67. The number of aliphatic hydroxyl groups is 1. The Hall–Kier alpha value is -1.02. The number of hydrogen-bond acceptors (Lipinski definition) is 2. The third-order valence-corrected chi connectivity index (χ3v) is 4.62. The van der Waals surface area contributed by atoms with E-state index in [1.807, 2.05) is 31.2 Å². The zero-order chi connectivity index (χ0) is 12.5. The maximum absolute atomic E-state index is 10.5. The minimum Gasteiger partial charge on any atom is -0.494 e. The molecule has 0 bridgehead atoms. The highest BCUT2D eigenvalue weighted by Gasteiger charge is 2.54. The quantitative estimate of drug-likeness (QED) is 0.880. The molecular formula is C16H22O2. The van der Waals surface area contributed by atoms with Gasteiger partial charge in [0, 0.05) is 0 Å². The van der Waals surface area contributed by atoms with Crippen LogP contribution in [-0.4, -0.2) is 11.7 Å². The molecule has 3 unspecified atom stereocenters. The van der Waals surface area contributed by atoms with Crippen LogP contribution in [0.2, 0.25) is 0 Å². The molecule has 0 aromatic heterocycles. The second-order valence-corrected chi connectivity index (χ2v) is 5.64. The van der Waals surface area contributed by atoms with Crippen molar-refractivity contribution in [1.82, 2.24) is 0 Å². The largest absolute Gasteiger partial charge is 0.494 e. The van der Waals surface area contributed by atoms with Crippen molar-refractivity contribution in [3.05, 3.63) is 29.8 Å². The first kappa shape index (κ1) is 12.0. The second kappa shape index (κ2) is 4.93. The first-order chi connectivity index (χ1) is 8.81. The van der Waals surface area contributed by atoms with Crippen LogP contribution >= 0.6 is 0 Å². The predicted octanol–water partition coefficient (Wildman–Crippen LogP) is 3.55. The van der Waals surface area contributed by atoms with Crippen molar-refractivity contribution in [3.8, 4) is 5.75 Å². The highest BCUT2D eigenvalue weighted by atomic mass is 16.5. The van der Waals surface area contributed by atoms with Crippen molar-refractivity contribution in [2.75, 3.05) is 6.61 Å². The normalized spacial score (nSPS) is 31.6. The Morgan fingerprint density at radius 2 is 1.78 bits per heavy atom. The van der Waals surface area contributed by atoms with Crippen molar-refractivity contribution in [2.24, 2.45) is 17.8 Å². The minimum absolute atomic E-state index is 0.270. The molecule has 0 aliphatic heterocycles. The van der Waals surface area contributed by atoms with E-state index < -0.39 is 0 Å². The Kier molecular flexibility index (Phi) is 3.29. The predicted molar refractivity (Wildman–Crippen MR) is 71.5 cm³/mol. The lowest BCUT2D eigenvalue weighted by Gasteiger charge is -2.11. The van der Waals surface area contributed by atoms with Crippen molar-refractivity contribution >= 4 is 0 Å². The number of aliphatic hydroxyl groups excluding tert-OH is 1. The molecule has 2 aliphatic carbocycles. The van der Waals surface area contributed by atoms with E-state index in [1.165, 1.54) is 25.7 Å². The van der Waals surface area contributed by atoms with Gasteiger partial charge < -0.3 is 9.84 Å². The number of fused-ring (bicyclic) bond motifs is 1. The average molecular weight is 246 g/mol. The van der Waals surface area contributed by atoms with Gasteiger partial charge in [-0.25, -0.2) is 0 Å². The summed E-state index contributed by atoms with van der Waals surface area (Å²) in [5.41, 5.74) is 1.05. The summed E-state index contributed by atoms with van der Waals surface area (Å²) in [6.45, 7) is 2.67. The molecule has 1 N–H and O–H groups in total. The maximum atomic E-state index is 10.5. The highest BCUT2D eigenvalue weighted by molar-refractivity contribution is 5.30. The van der Waals surface area contributed by atoms with E-state index in [2.05, 4.69) is 0 Å². The number of benzene rings is 1. The van der Waals surface area contributed by atoms with Crippen LogP contribution in [0.4, 0.5) is 0 Å². The molecule has 98 valence electrons. The Balaban J connectivity index is 1.67. The van der Waals surface area contributed by atoms with Gasteiger partial charge in [-0.2, -0.15) is 0 Å². The minimum atomic E-state index is -0.270. The summed E-state index contributed by atoms with van der Waals surface area (Å²) < 4.78 is 5.43. The zero-order valence-corrected chi connectivity index (χ0v) is 11.0. The lowest BCUT2D eigenvalue weighted by Crippen LogP contribution is -2.02. The maximum Gasteiger partial charge on any atom is 0.119 e. The van der Waals surface area contributed by atoms with Crippen LogP contribution in [0.3, 0.4) is 0 Å². The van der Waals surface area contributed by atoms with Crippen LogP contribution in [0.1, 0.15) is 44.3 Å². The van der Waals surface area contributed by atoms with E-state index in [0.29, 0.717) is 12.5 Å². The lowest BCUT2D eigenvalue weighted by molar-refractivity contribution is 0.142. The number of ether oxygens (including phenoxy) is 1. The third kappa shape index (κ3) is 2.14. The number of rotatable bonds is 4. The second-order valence-electron chi connectivity index (χ2n) is 5.64. The van der Waals surface area contributed by atoms with Gasteiger partial charge in [0.2, 0.25) is 0 Å². The Labute approximate surface area is 109 Å². The van der Waals surface area contributed by atoms with Crippen LogP contribution in [0, 0.1) is 17.8 Å². The molecule has 0 radical (unpaired) electrons. The molecule has 2 saturated carbocycles. The van der Waals surface area contributed by atoms with Gasteiger partial charge in [-0.15, -0.1) is 0 Å². The molecule has 0 amide bonds. The summed E-state index contributed by atoms with van der Waals surface area (Å²) >= 11 is 0. The Morgan fingerprint density at radius 1 is 1.17 bits per heavy atom. The fourth-order valence-electron chi connectivity index (χ4n) is 3.67. The SMILES string of the molecule is CCOc1ccc(C(O)C2C3CCCCC32)cc1. The molecule has 2 nitrogen and oxygen atoms in total. The molecule has 1 aromatic carbocycles. The molecule has 0 saturated heterocycles. The van der Waals surface area contributed by atoms with E-state index in [9.17, 15) is 5.11 Å². The summed E-state index contributed by atoms with van der Waals surface area (Å²) in [7, 11) is 0. The molecule has 0 spiro atoms. The molecular weight excluding hydrogens is 224 g/mol. The van der Waals surface area contributed by atoms with Crippen molar-refractivity contribution < 1.29 is 9.84 Å². The summed E-state index contributed by atoms with van der Waals surface area (Å²) in [6, 6.07) is 7.96. The molecule has 18 heavy (non-hydrogen) atoms. The van der Waals surface area contributed by atoms with Gasteiger partial charge in [-0.1, -0.05) is 25.0 Å². The van der Waals surface area contributed by atoms with Gasteiger partial charge in [0.15, 0.2) is 0 Å². The van der Waals surface area contributed by atoms with Gasteiger partial charge >= 0.3 is 0 Å². The molecule has 2 aliphatic rings. The molecule has 3 rings (SSSR count). The molecule has 3 atom stereocenters. The molecule has 2 fully saturated rings. The van der Waals surface area contributed by atoms with Gasteiger partial charge in [0.25, 0.3) is 0 Å². The van der Waals surface area contributed by atoms with Crippen molar-refractivity contribution in [1.29, 1.82) is 0 Å². The van der Waals surface area contributed by atoms with E-state index >= 15 is 0 Å². The van der Waals surface area contributed by atoms with Crippen LogP contribution < -0.4 is 4.74 Å². The first-order valence-electron chi connectivity index (χ1n) is 7.22. The standard InChI is InChI=1S/C16H22O2/c1-2-18-12-9-7-11(8-10-12)16(17)15-13-5-3-4-6-14(13)15/h7-10,13-17H,2-6H2,1H3. The van der Waals surface area contributed by atoms with Crippen LogP contribution in [0.25, 0.3) is 0 Å². The van der Waals surface area contributed by atoms with Crippen LogP contribution in [0.5, 0.6) is 5.75 Å². The van der Waals surface area contributed by atoms with E-state index in [-0.39, 0.29) is 6.10 Å². The van der Waals surface area contributed by atoms with Crippen molar-refractivity contribution in [2.45, 2.75) is 38.7 Å². The summed E-state index contributed by atoms with van der Waals surface area (Å²) in [6.07, 6.45) is 5.09. The van der Waals surface area contributed by atoms with E-state index in [1.54, 1.807) is 0 Å². The Bertz CT molecular complexity index is 386. The van der Waals surface area contributed by atoms with Crippen LogP contribution in [-0.2, 0) is 0 Å². The smallest absolute Gasteiger partial charge is 0.119 e. The summed E-state index contributed by atoms with van der Waals surface area (Å²) in [4.78, 5) is 0. The van der Waals surface area contributed by atoms with Gasteiger partial charge in [-0.3, -0.25) is 0 Å². The molecule has 2 heteroatoms. The zero-order valence-electron chi connectivity index (χ0n) is 11.0. The lowest BCUT2D eigenvalue weighted by atomic mass is 10.0. The van der Waals surface area contributed by atoms with Crippen LogP contribution in [0.15, 0.2) is 24.3 Å². The van der Waals surface area contributed by atoms with Gasteiger partial charge in [0.1, 0.15) is 5.75 Å². The third-order valence-electron chi connectivity index (χ3n) is 4.62. The monoisotopic (exact) mass is 246 g/mol. The fraction of sp³-hybridized carbons (Fsp3) is 0.625. The average Bonchev–Trinajstić information content (AvgIpc) is 3.13. The summed E-state index contributed by atoms with van der Waals surface area (Å²) in [5, 5.41) is 10.5. The molecule has 0 heterocycles. The molecule has 1 aromatic rings. The van der Waals surface area contributed by atoms with Gasteiger partial charge in [0.05, 0.1) is 12.7 Å². The van der Waals surface area contributed by atoms with E-state index in [4.69, 9.17) is 4.74 Å². The Morgan fingerprint density at radius 3 is 2.33 bits per heavy atom. The topological polar surface area (TPSA) is 29.5 Å². The van der Waals surface area contributed by atoms with Crippen molar-refractivity contribution in [3.63, 3.8) is 0 Å². The van der Waals surface area contributed by atoms with Gasteiger partial charge in [-0.05, 0) is 55.2 Å². The van der Waals surface area contributed by atoms with E-state index in [0.717, 1.165) is 23.1 Å². The summed E-state index contributed by atoms with van der Waals surface area (Å²) in [5.74, 6) is 2.99. The highest BCUT2D eigenvalue weighted by Crippen LogP contribution is 2.60. The number of hydrogen-bond donors (Lipinski definition) is 1.